The molecule has 0 N–H and O–H groups in total. The third-order valence-electron chi connectivity index (χ3n) is 1.97. The summed E-state index contributed by atoms with van der Waals surface area (Å²) in [6, 6.07) is 3.52. The molecule has 0 unspecified atom stereocenters. The Kier molecular flexibility index (Phi) is 3.45. The number of Topliss-reactive ketones (excluding diaryl/α,β-unsaturated/α-hetero) is 1. The van der Waals surface area contributed by atoms with Gasteiger partial charge in [-0.1, -0.05) is 0 Å². The summed E-state index contributed by atoms with van der Waals surface area (Å²) in [5, 5.41) is 0. The summed E-state index contributed by atoms with van der Waals surface area (Å²) in [5.41, 5.74) is 0.619. The van der Waals surface area contributed by atoms with Gasteiger partial charge in [0.2, 0.25) is 0 Å². The van der Waals surface area contributed by atoms with E-state index in [1.807, 2.05) is 0 Å². The van der Waals surface area contributed by atoms with Crippen LogP contribution in [-0.4, -0.2) is 23.4 Å². The zero-order chi connectivity index (χ0) is 10.6. The van der Waals surface area contributed by atoms with E-state index in [9.17, 15) is 9.59 Å². The van der Waals surface area contributed by atoms with Crippen molar-refractivity contribution >= 4 is 11.8 Å². The fraction of sp³-hybridized carbons (Fsp3) is 0.400. The van der Waals surface area contributed by atoms with E-state index in [1.165, 1.54) is 14.0 Å². The summed E-state index contributed by atoms with van der Waals surface area (Å²) in [6.07, 6.45) is 2.06. The van der Waals surface area contributed by atoms with Crippen LogP contribution in [0.4, 0.5) is 0 Å². The highest BCUT2D eigenvalue weighted by Gasteiger charge is 2.07. The molecule has 1 aromatic heterocycles. The monoisotopic (exact) mass is 195 g/mol. The van der Waals surface area contributed by atoms with Gasteiger partial charge in [-0.3, -0.25) is 9.59 Å². The lowest BCUT2D eigenvalue weighted by Gasteiger charge is -2.05. The molecule has 4 nitrogen and oxygen atoms in total. The Balaban J connectivity index is 2.63. The Morgan fingerprint density at radius 3 is 2.79 bits per heavy atom. The summed E-state index contributed by atoms with van der Waals surface area (Å²) in [7, 11) is 1.35. The van der Waals surface area contributed by atoms with E-state index in [0.29, 0.717) is 12.2 Å². The molecule has 1 aromatic rings. The van der Waals surface area contributed by atoms with Crippen molar-refractivity contribution in [3.8, 4) is 0 Å². The molecule has 0 saturated heterocycles. The fourth-order valence-electron chi connectivity index (χ4n) is 1.24. The van der Waals surface area contributed by atoms with Crippen molar-refractivity contribution < 1.29 is 14.3 Å². The van der Waals surface area contributed by atoms with Gasteiger partial charge >= 0.3 is 5.97 Å². The molecule has 4 heteroatoms. The van der Waals surface area contributed by atoms with Gasteiger partial charge in [-0.15, -0.1) is 0 Å². The molecule has 0 aliphatic carbocycles. The minimum absolute atomic E-state index is 0.000124. The van der Waals surface area contributed by atoms with Crippen LogP contribution in [0.3, 0.4) is 0 Å². The number of hydrogen-bond acceptors (Lipinski definition) is 3. The predicted octanol–water partition coefficient (Wildman–Crippen LogP) is 1.25. The second-order valence-corrected chi connectivity index (χ2v) is 2.97. The van der Waals surface area contributed by atoms with Crippen molar-refractivity contribution in [1.29, 1.82) is 0 Å². The molecule has 0 fully saturated rings. The predicted molar refractivity (Wildman–Crippen MR) is 51.1 cm³/mol. The lowest BCUT2D eigenvalue weighted by molar-refractivity contribution is -0.140. The lowest BCUT2D eigenvalue weighted by Crippen LogP contribution is -2.10. The summed E-state index contributed by atoms with van der Waals surface area (Å²) in [5.74, 6) is -0.270. The Labute approximate surface area is 82.5 Å². The quantitative estimate of drug-likeness (QED) is 0.536. The molecular weight excluding hydrogens is 182 g/mol. The fourth-order valence-corrected chi connectivity index (χ4v) is 1.24. The van der Waals surface area contributed by atoms with Crippen LogP contribution in [0.25, 0.3) is 0 Å². The number of carbonyl (C=O) groups is 2. The van der Waals surface area contributed by atoms with Gasteiger partial charge in [0.15, 0.2) is 5.78 Å². The number of aromatic nitrogens is 1. The van der Waals surface area contributed by atoms with Gasteiger partial charge in [0.25, 0.3) is 0 Å². The zero-order valence-corrected chi connectivity index (χ0v) is 8.32. The molecule has 14 heavy (non-hydrogen) atoms. The van der Waals surface area contributed by atoms with Gasteiger partial charge in [-0.05, 0) is 12.1 Å². The average Bonchev–Trinajstić information content (AvgIpc) is 2.62. The lowest BCUT2D eigenvalue weighted by atomic mass is 10.3. The van der Waals surface area contributed by atoms with Crippen molar-refractivity contribution in [2.45, 2.75) is 19.9 Å². The van der Waals surface area contributed by atoms with Gasteiger partial charge in [-0.25, -0.2) is 0 Å². The summed E-state index contributed by atoms with van der Waals surface area (Å²) < 4.78 is 6.26. The van der Waals surface area contributed by atoms with Crippen molar-refractivity contribution in [2.75, 3.05) is 7.11 Å². The summed E-state index contributed by atoms with van der Waals surface area (Å²) >= 11 is 0. The standard InChI is InChI=1S/C10H13NO3/c1-8(12)9-4-3-6-11(9)7-5-10(13)14-2/h3-4,6H,5,7H2,1-2H3. The highest BCUT2D eigenvalue weighted by molar-refractivity contribution is 5.92. The molecular formula is C10H13NO3. The Morgan fingerprint density at radius 1 is 1.50 bits per heavy atom. The minimum atomic E-state index is -0.270. The number of rotatable bonds is 4. The highest BCUT2D eigenvalue weighted by Crippen LogP contribution is 2.04. The Morgan fingerprint density at radius 2 is 2.21 bits per heavy atom. The van der Waals surface area contributed by atoms with Gasteiger partial charge in [0.1, 0.15) is 0 Å². The number of methoxy groups -OCH3 is 1. The SMILES string of the molecule is COC(=O)CCn1cccc1C(C)=O. The van der Waals surface area contributed by atoms with Crippen LogP contribution in [0.15, 0.2) is 18.3 Å². The molecule has 1 heterocycles. The molecule has 0 atom stereocenters. The first kappa shape index (κ1) is 10.5. The number of nitrogens with zero attached hydrogens (tertiary/aromatic N) is 1. The van der Waals surface area contributed by atoms with Crippen LogP contribution in [0.2, 0.25) is 0 Å². The van der Waals surface area contributed by atoms with Gasteiger partial charge < -0.3 is 9.30 Å². The average molecular weight is 195 g/mol. The molecule has 1 rings (SSSR count). The second-order valence-electron chi connectivity index (χ2n) is 2.97. The second kappa shape index (κ2) is 4.60. The maximum atomic E-state index is 11.1. The molecule has 0 spiro atoms. The third-order valence-corrected chi connectivity index (χ3v) is 1.97. The summed E-state index contributed by atoms with van der Waals surface area (Å²) in [6.45, 7) is 1.98. The van der Waals surface area contributed by atoms with E-state index < -0.39 is 0 Å². The molecule has 0 saturated carbocycles. The topological polar surface area (TPSA) is 48.3 Å². The molecule has 0 bridgehead atoms. The molecule has 0 aromatic carbocycles. The van der Waals surface area contributed by atoms with Crippen molar-refractivity contribution in [3.05, 3.63) is 24.0 Å². The third kappa shape index (κ3) is 2.45. The van der Waals surface area contributed by atoms with E-state index >= 15 is 0 Å². The van der Waals surface area contributed by atoms with Crippen LogP contribution in [0, 0.1) is 0 Å². The van der Waals surface area contributed by atoms with Crippen LogP contribution < -0.4 is 0 Å². The number of carbonyl (C=O) groups excluding carboxylic acids is 2. The van der Waals surface area contributed by atoms with Gasteiger partial charge in [-0.2, -0.15) is 0 Å². The normalized spacial score (nSPS) is 9.86. The van der Waals surface area contributed by atoms with Crippen LogP contribution in [0.5, 0.6) is 0 Å². The zero-order valence-electron chi connectivity index (χ0n) is 8.32. The smallest absolute Gasteiger partial charge is 0.307 e. The number of ketones is 1. The first-order valence-corrected chi connectivity index (χ1v) is 4.38. The first-order valence-electron chi connectivity index (χ1n) is 4.38. The maximum absolute atomic E-state index is 11.1. The highest BCUT2D eigenvalue weighted by atomic mass is 16.5. The largest absolute Gasteiger partial charge is 0.469 e. The number of ether oxygens (including phenoxy) is 1. The molecule has 0 amide bonds. The Hall–Kier alpha value is -1.58. The van der Waals surface area contributed by atoms with Crippen LogP contribution in [-0.2, 0) is 16.1 Å². The van der Waals surface area contributed by atoms with E-state index in [4.69, 9.17) is 0 Å². The van der Waals surface area contributed by atoms with Gasteiger partial charge in [0.05, 0.1) is 19.2 Å². The molecule has 76 valence electrons. The van der Waals surface area contributed by atoms with Gasteiger partial charge in [0, 0.05) is 19.7 Å². The molecule has 0 radical (unpaired) electrons. The number of aryl methyl sites for hydroxylation is 1. The molecule has 0 aliphatic heterocycles. The van der Waals surface area contributed by atoms with Crippen LogP contribution >= 0.6 is 0 Å². The number of hydrogen-bond donors (Lipinski definition) is 0. The number of esters is 1. The van der Waals surface area contributed by atoms with Crippen molar-refractivity contribution in [2.24, 2.45) is 0 Å². The van der Waals surface area contributed by atoms with E-state index in [0.717, 1.165) is 0 Å². The van der Waals surface area contributed by atoms with E-state index in [-0.39, 0.29) is 18.2 Å². The maximum Gasteiger partial charge on any atom is 0.307 e. The minimum Gasteiger partial charge on any atom is -0.469 e. The summed E-state index contributed by atoms with van der Waals surface area (Å²) in [4.78, 5) is 22.0. The van der Waals surface area contributed by atoms with Crippen LogP contribution in [0.1, 0.15) is 23.8 Å². The first-order chi connectivity index (χ1) is 6.65. The van der Waals surface area contributed by atoms with Crippen molar-refractivity contribution in [1.82, 2.24) is 4.57 Å². The molecule has 0 aliphatic rings. The Bertz CT molecular complexity index is 341. The van der Waals surface area contributed by atoms with E-state index in [2.05, 4.69) is 4.74 Å². The van der Waals surface area contributed by atoms with Crippen molar-refractivity contribution in [3.63, 3.8) is 0 Å². The van der Waals surface area contributed by atoms with E-state index in [1.54, 1.807) is 22.9 Å².